The summed E-state index contributed by atoms with van der Waals surface area (Å²) < 4.78 is 51.7. The molecule has 1 aromatic rings. The van der Waals surface area contributed by atoms with E-state index in [1.165, 1.54) is 4.90 Å². The zero-order chi connectivity index (χ0) is 17.4. The van der Waals surface area contributed by atoms with Gasteiger partial charge in [0.05, 0.1) is 22.9 Å². The van der Waals surface area contributed by atoms with Crippen LogP contribution in [0.1, 0.15) is 32.3 Å². The van der Waals surface area contributed by atoms with E-state index in [4.69, 9.17) is 0 Å². The smallest absolute Gasteiger partial charge is 0.388 e. The first-order valence-electron chi connectivity index (χ1n) is 7.17. The Balaban J connectivity index is 2.20. The van der Waals surface area contributed by atoms with Gasteiger partial charge < -0.3 is 15.3 Å². The van der Waals surface area contributed by atoms with Crippen LogP contribution in [0.3, 0.4) is 0 Å². The van der Waals surface area contributed by atoms with Gasteiger partial charge in [0.15, 0.2) is 0 Å². The molecule has 0 aliphatic carbocycles. The largest absolute Gasteiger partial charge is 0.416 e. The Labute approximate surface area is 131 Å². The molecule has 8 heteroatoms. The molecule has 0 spiro atoms. The van der Waals surface area contributed by atoms with Crippen LogP contribution >= 0.6 is 0 Å². The van der Waals surface area contributed by atoms with Gasteiger partial charge in [0.2, 0.25) is 0 Å². The molecule has 1 aliphatic heterocycles. The lowest BCUT2D eigenvalue weighted by Crippen LogP contribution is -2.49. The summed E-state index contributed by atoms with van der Waals surface area (Å²) in [4.78, 5) is 13.6. The molecule has 1 aliphatic rings. The molecule has 1 aromatic carbocycles. The molecule has 0 radical (unpaired) electrons. The van der Waals surface area contributed by atoms with Gasteiger partial charge in [0, 0.05) is 6.54 Å². The second-order valence-corrected chi connectivity index (χ2v) is 6.13. The molecule has 2 rings (SSSR count). The van der Waals surface area contributed by atoms with Crippen LogP contribution in [-0.2, 0) is 6.18 Å². The van der Waals surface area contributed by atoms with E-state index in [-0.39, 0.29) is 0 Å². The summed E-state index contributed by atoms with van der Waals surface area (Å²) in [5, 5.41) is 12.2. The Bertz CT molecular complexity index is 596. The molecule has 23 heavy (non-hydrogen) atoms. The number of likely N-dealkylation sites (tertiary alicyclic amines) is 1. The monoisotopic (exact) mass is 334 g/mol. The summed E-state index contributed by atoms with van der Waals surface area (Å²) >= 11 is 0. The van der Waals surface area contributed by atoms with Crippen molar-refractivity contribution in [2.24, 2.45) is 0 Å². The van der Waals surface area contributed by atoms with Gasteiger partial charge in [-0.15, -0.1) is 0 Å². The third-order valence-electron chi connectivity index (χ3n) is 3.86. The molecule has 2 N–H and O–H groups in total. The molecule has 0 bridgehead atoms. The number of rotatable bonds is 2. The molecule has 0 saturated carbocycles. The van der Waals surface area contributed by atoms with E-state index in [0.29, 0.717) is 37.6 Å². The zero-order valence-corrected chi connectivity index (χ0v) is 12.7. The second-order valence-electron chi connectivity index (χ2n) is 6.13. The molecular weight excluding hydrogens is 316 g/mol. The first kappa shape index (κ1) is 17.5. The number of nitrogens with zero attached hydrogens (tertiary/aromatic N) is 1. The number of anilines is 1. The Morgan fingerprint density at radius 3 is 2.57 bits per heavy atom. The van der Waals surface area contributed by atoms with E-state index in [9.17, 15) is 27.5 Å². The number of carbonyl (C=O) groups is 1. The lowest BCUT2D eigenvalue weighted by Gasteiger charge is -2.33. The van der Waals surface area contributed by atoms with Crippen molar-refractivity contribution in [2.75, 3.05) is 11.9 Å². The summed E-state index contributed by atoms with van der Waals surface area (Å²) in [5.41, 5.74) is -2.74. The minimum atomic E-state index is -4.63. The van der Waals surface area contributed by atoms with E-state index < -0.39 is 40.9 Å². The predicted octanol–water partition coefficient (Wildman–Crippen LogP) is 3.61. The number of hydrogen-bond donors (Lipinski definition) is 2. The molecular formula is C15H18F4N2O2. The molecule has 1 fully saturated rings. The summed E-state index contributed by atoms with van der Waals surface area (Å²) in [7, 11) is 0. The molecule has 1 heterocycles. The Morgan fingerprint density at radius 2 is 2.00 bits per heavy atom. The van der Waals surface area contributed by atoms with Crippen molar-refractivity contribution in [2.45, 2.75) is 44.5 Å². The van der Waals surface area contributed by atoms with Crippen LogP contribution in [0, 0.1) is 5.82 Å². The fourth-order valence-corrected chi connectivity index (χ4v) is 2.73. The fourth-order valence-electron chi connectivity index (χ4n) is 2.73. The first-order valence-corrected chi connectivity index (χ1v) is 7.17. The predicted molar refractivity (Wildman–Crippen MR) is 76.4 cm³/mol. The average Bonchev–Trinajstić information content (AvgIpc) is 2.89. The third-order valence-corrected chi connectivity index (χ3v) is 3.86. The third kappa shape index (κ3) is 3.93. The van der Waals surface area contributed by atoms with Crippen molar-refractivity contribution in [3.05, 3.63) is 29.6 Å². The van der Waals surface area contributed by atoms with E-state index in [2.05, 4.69) is 5.32 Å². The molecule has 4 nitrogen and oxygen atoms in total. The van der Waals surface area contributed by atoms with Gasteiger partial charge in [-0.3, -0.25) is 0 Å². The van der Waals surface area contributed by atoms with E-state index in [1.807, 2.05) is 0 Å². The Kier molecular flexibility index (Phi) is 4.57. The van der Waals surface area contributed by atoms with Crippen molar-refractivity contribution < 1.29 is 27.5 Å². The van der Waals surface area contributed by atoms with Crippen LogP contribution in [0.2, 0.25) is 0 Å². The summed E-state index contributed by atoms with van der Waals surface area (Å²) in [5.74, 6) is -0.953. The topological polar surface area (TPSA) is 52.6 Å². The number of alkyl halides is 3. The Hall–Kier alpha value is -1.83. The quantitative estimate of drug-likeness (QED) is 0.812. The lowest BCUT2D eigenvalue weighted by atomic mass is 9.97. The maximum absolute atomic E-state index is 13.7. The molecule has 1 unspecified atom stereocenters. The number of carbonyl (C=O) groups excluding carboxylic acids is 1. The highest BCUT2D eigenvalue weighted by Crippen LogP contribution is 2.32. The summed E-state index contributed by atoms with van der Waals surface area (Å²) in [6.07, 6.45) is -3.40. The highest BCUT2D eigenvalue weighted by Gasteiger charge is 2.39. The second kappa shape index (κ2) is 5.99. The number of benzene rings is 1. The number of amides is 2. The van der Waals surface area contributed by atoms with Gasteiger partial charge in [0.25, 0.3) is 0 Å². The van der Waals surface area contributed by atoms with Crippen LogP contribution in [0.5, 0.6) is 0 Å². The van der Waals surface area contributed by atoms with E-state index in [1.54, 1.807) is 13.8 Å². The van der Waals surface area contributed by atoms with Gasteiger partial charge in [-0.25, -0.2) is 9.18 Å². The lowest BCUT2D eigenvalue weighted by molar-refractivity contribution is -0.137. The molecule has 1 saturated heterocycles. The van der Waals surface area contributed by atoms with Gasteiger partial charge in [0.1, 0.15) is 5.82 Å². The van der Waals surface area contributed by atoms with Crippen molar-refractivity contribution >= 4 is 11.7 Å². The summed E-state index contributed by atoms with van der Waals surface area (Å²) in [6.45, 7) is 3.45. The van der Waals surface area contributed by atoms with E-state index >= 15 is 0 Å². The first-order chi connectivity index (χ1) is 10.5. The highest BCUT2D eigenvalue weighted by atomic mass is 19.4. The van der Waals surface area contributed by atoms with Crippen LogP contribution in [0.25, 0.3) is 0 Å². The highest BCUT2D eigenvalue weighted by molar-refractivity contribution is 5.90. The van der Waals surface area contributed by atoms with Gasteiger partial charge in [-0.1, -0.05) is 0 Å². The normalized spacial score (nSPS) is 19.1. The van der Waals surface area contributed by atoms with Gasteiger partial charge in [-0.2, -0.15) is 13.2 Å². The molecule has 2 amide bonds. The molecule has 128 valence electrons. The van der Waals surface area contributed by atoms with Gasteiger partial charge >= 0.3 is 12.2 Å². The molecule has 1 atom stereocenters. The zero-order valence-electron chi connectivity index (χ0n) is 12.7. The Morgan fingerprint density at radius 1 is 1.35 bits per heavy atom. The van der Waals surface area contributed by atoms with Crippen molar-refractivity contribution in [1.29, 1.82) is 0 Å². The van der Waals surface area contributed by atoms with Crippen molar-refractivity contribution in [1.82, 2.24) is 4.90 Å². The summed E-state index contributed by atoms with van der Waals surface area (Å²) in [6, 6.07) is 0.628. The number of hydrogen-bond acceptors (Lipinski definition) is 2. The number of nitrogens with one attached hydrogen (secondary N) is 1. The maximum atomic E-state index is 13.7. The SMILES string of the molecule is CC(C)(O)C1CCCN1C(=O)Nc1cc(C(F)(F)F)ccc1F. The van der Waals surface area contributed by atoms with Crippen LogP contribution < -0.4 is 5.32 Å². The van der Waals surface area contributed by atoms with Crippen molar-refractivity contribution in [3.8, 4) is 0 Å². The van der Waals surface area contributed by atoms with Crippen LogP contribution in [-0.4, -0.2) is 34.2 Å². The number of halogens is 4. The number of aliphatic hydroxyl groups is 1. The minimum Gasteiger partial charge on any atom is -0.388 e. The average molecular weight is 334 g/mol. The van der Waals surface area contributed by atoms with Crippen LogP contribution in [0.4, 0.5) is 28.0 Å². The molecule has 0 aromatic heterocycles. The van der Waals surface area contributed by atoms with E-state index in [0.717, 1.165) is 0 Å². The van der Waals surface area contributed by atoms with Gasteiger partial charge in [-0.05, 0) is 44.9 Å². The minimum absolute atomic E-state index is 0.348. The number of urea groups is 1. The van der Waals surface area contributed by atoms with Crippen LogP contribution in [0.15, 0.2) is 18.2 Å². The maximum Gasteiger partial charge on any atom is 0.416 e. The van der Waals surface area contributed by atoms with Crippen molar-refractivity contribution in [3.63, 3.8) is 0 Å². The standard InChI is InChI=1S/C15H18F4N2O2/c1-14(2,23)12-4-3-7-21(12)13(22)20-11-8-9(15(17,18)19)5-6-10(11)16/h5-6,8,12,23H,3-4,7H2,1-2H3,(H,20,22). The fraction of sp³-hybridized carbons (Fsp3) is 0.533.